The molecule has 8 amide bonds. The number of rotatable bonds is 21. The number of benzene rings is 4. The molecule has 0 saturated carbocycles. The predicted molar refractivity (Wildman–Crippen MR) is 324 cm³/mol. The van der Waals surface area contributed by atoms with Gasteiger partial charge < -0.3 is 96.6 Å². The van der Waals surface area contributed by atoms with Crippen molar-refractivity contribution in [3.63, 3.8) is 0 Å². The van der Waals surface area contributed by atoms with Gasteiger partial charge >= 0.3 is 0 Å². The summed E-state index contributed by atoms with van der Waals surface area (Å²) in [7, 11) is 0. The van der Waals surface area contributed by atoms with E-state index < -0.39 is 183 Å². The van der Waals surface area contributed by atoms with Gasteiger partial charge in [-0.2, -0.15) is 0 Å². The second kappa shape index (κ2) is 32.3. The number of aliphatic hydroxyl groups is 7. The molecule has 4 heterocycles. The van der Waals surface area contributed by atoms with Gasteiger partial charge in [-0.25, -0.2) is 5.26 Å². The summed E-state index contributed by atoms with van der Waals surface area (Å²) in [4.78, 5) is 115. The molecular formula is C59H70N10O22S2. The van der Waals surface area contributed by atoms with E-state index in [9.17, 15) is 79.2 Å². The standard InChI is InChI=1S/C59H70N10O22S2/c1-28-26-69-47(48(28)76)55(83)61-25-34(71)22-38(62-51(79)30-9-11-31(12-10-30)56-66-67-57(92-56)32-13-16-37(17-14-32)88-20-6-19-87-36-7-4-3-5-8-36)52(80)63-44(29(2)70)58(84)68-27-35(72)23-39(68)53(81)65-46(54(82)64-45(59(69)85)41(74)24-43(60)75)50(78)49(77)33-15-18-40(73)42(21-33)89-93-91-90-86/h3-5,7-18,21,28-29,34-35,38-39,41,44-50,70-74,76-78,86H,6,19-20,22-27H2,1-2H3,(H2,60,75)(H,61,83)(H,62,79)(H,63,80)(H,64,82)(H,65,81). The number of fused-ring (bicyclic) bond motifs is 2. The third-order valence-corrected chi connectivity index (χ3v) is 16.8. The van der Waals surface area contributed by atoms with Crippen molar-refractivity contribution in [2.24, 2.45) is 11.7 Å². The minimum absolute atomic E-state index is 0.0233. The lowest BCUT2D eigenvalue weighted by Crippen LogP contribution is -2.64. The van der Waals surface area contributed by atoms with Gasteiger partial charge in [-0.3, -0.25) is 38.4 Å². The van der Waals surface area contributed by atoms with Gasteiger partial charge in [-0.05, 0) is 73.2 Å². The quantitative estimate of drug-likeness (QED) is 0.0165. The van der Waals surface area contributed by atoms with Gasteiger partial charge in [0.25, 0.3) is 18.2 Å². The first-order valence-corrected chi connectivity index (χ1v) is 30.6. The van der Waals surface area contributed by atoms with Gasteiger partial charge in [0.1, 0.15) is 70.0 Å². The molecule has 16 N–H and O–H groups in total. The fourth-order valence-electron chi connectivity index (χ4n) is 10.5. The van der Waals surface area contributed by atoms with Crippen LogP contribution in [0.25, 0.3) is 21.1 Å². The van der Waals surface area contributed by atoms with Crippen LogP contribution in [-0.4, -0.2) is 219 Å². The van der Waals surface area contributed by atoms with Gasteiger partial charge in [-0.1, -0.05) is 64.0 Å². The Bertz CT molecular complexity index is 3430. The number of ether oxygens (including phenoxy) is 2. The average Bonchev–Trinajstić information content (AvgIpc) is 1.72. The zero-order chi connectivity index (χ0) is 67.2. The molecule has 0 radical (unpaired) electrons. The van der Waals surface area contributed by atoms with Crippen molar-refractivity contribution in [3.8, 4) is 44.1 Å². The van der Waals surface area contributed by atoms with E-state index in [0.717, 1.165) is 46.2 Å². The van der Waals surface area contributed by atoms with Crippen molar-refractivity contribution in [2.45, 2.75) is 119 Å². The minimum Gasteiger partial charge on any atom is -0.504 e. The fourth-order valence-corrected chi connectivity index (χ4v) is 11.7. The number of hydrogen-bond acceptors (Lipinski definition) is 26. The second-order valence-corrected chi connectivity index (χ2v) is 23.6. The second-order valence-electron chi connectivity index (χ2n) is 22.2. The summed E-state index contributed by atoms with van der Waals surface area (Å²) in [6.45, 7) is 1.57. The van der Waals surface area contributed by atoms with E-state index in [-0.39, 0.29) is 23.5 Å². The summed E-state index contributed by atoms with van der Waals surface area (Å²) >= 11 is 1.23. The zero-order valence-electron chi connectivity index (χ0n) is 49.7. The number of nitrogens with one attached hydrogen (secondary N) is 5. The molecule has 14 atom stereocenters. The lowest BCUT2D eigenvalue weighted by atomic mass is 9.96. The topological polar surface area (TPSA) is 483 Å². The van der Waals surface area contributed by atoms with E-state index >= 15 is 0 Å². The van der Waals surface area contributed by atoms with Crippen LogP contribution in [0.1, 0.15) is 61.6 Å². The molecule has 3 aliphatic heterocycles. The molecule has 500 valence electrons. The first kappa shape index (κ1) is 70.2. The number of amides is 8. The van der Waals surface area contributed by atoms with Crippen molar-refractivity contribution in [1.29, 1.82) is 0 Å². The van der Waals surface area contributed by atoms with Crippen LogP contribution in [0.5, 0.6) is 23.0 Å². The van der Waals surface area contributed by atoms with Gasteiger partial charge in [0.15, 0.2) is 11.5 Å². The van der Waals surface area contributed by atoms with Crippen LogP contribution >= 0.6 is 23.7 Å². The summed E-state index contributed by atoms with van der Waals surface area (Å²) in [5, 5.41) is 124. The summed E-state index contributed by atoms with van der Waals surface area (Å²) in [6.07, 6.45) is -15.5. The predicted octanol–water partition coefficient (Wildman–Crippen LogP) is -1.90. The van der Waals surface area contributed by atoms with E-state index in [1.807, 2.05) is 42.5 Å². The first-order chi connectivity index (χ1) is 44.4. The first-order valence-electron chi connectivity index (χ1n) is 29.1. The molecule has 32 nitrogen and oxygen atoms in total. The number of nitrogens with zero attached hydrogens (tertiary/aromatic N) is 4. The van der Waals surface area contributed by atoms with Crippen molar-refractivity contribution in [1.82, 2.24) is 46.6 Å². The van der Waals surface area contributed by atoms with Gasteiger partial charge in [0.05, 0.1) is 50.2 Å². The fraction of sp³-hybridized carbons (Fsp3) is 0.424. The summed E-state index contributed by atoms with van der Waals surface area (Å²) in [6, 6.07) is 13.3. The Morgan fingerprint density at radius 1 is 0.742 bits per heavy atom. The number of phenolic OH excluding ortho intramolecular Hbond substituents is 1. The molecule has 14 unspecified atom stereocenters. The number of primary amides is 1. The van der Waals surface area contributed by atoms with Crippen LogP contribution in [0, 0.1) is 5.92 Å². The molecular weight excluding hydrogens is 1260 g/mol. The van der Waals surface area contributed by atoms with Crippen molar-refractivity contribution < 1.29 is 107 Å². The highest BCUT2D eigenvalue weighted by Gasteiger charge is 2.50. The van der Waals surface area contributed by atoms with Gasteiger partial charge in [0, 0.05) is 61.5 Å². The maximum atomic E-state index is 14.7. The SMILES string of the molecule is CC(O)C1NC(=O)C(NC(=O)c2ccc(-c3nnc(-c4ccc(OCCCOc5ccccc5)cc4)s3)cc2)CC(O)CNC(=O)C2C(O)C(C)CN2C(=O)C(C(O)CC(N)=O)NC(=O)C(C(O)C(O)c2ccc(O)c(OSOOO)c2)NC(=O)C2CC(O)CN2C1=O. The van der Waals surface area contributed by atoms with Crippen LogP contribution in [0.2, 0.25) is 0 Å². The van der Waals surface area contributed by atoms with Crippen molar-refractivity contribution >= 4 is 70.9 Å². The number of carbonyl (C=O) groups is 8. The normalized spacial score (nSPS) is 24.8. The Balaban J connectivity index is 1.05. The van der Waals surface area contributed by atoms with Gasteiger partial charge in [0.2, 0.25) is 41.4 Å². The Morgan fingerprint density at radius 2 is 1.35 bits per heavy atom. The number of para-hydroxylation sites is 1. The van der Waals surface area contributed by atoms with Crippen molar-refractivity contribution in [2.75, 3.05) is 32.8 Å². The van der Waals surface area contributed by atoms with Crippen LogP contribution < -0.4 is 46.0 Å². The summed E-state index contributed by atoms with van der Waals surface area (Å²) in [5.74, 6) is -10.6. The van der Waals surface area contributed by atoms with E-state index in [2.05, 4.69) is 46.2 Å². The number of hydrogen-bond donors (Lipinski definition) is 15. The van der Waals surface area contributed by atoms with Crippen LogP contribution in [-0.2, 0) is 42.9 Å². The van der Waals surface area contributed by atoms with E-state index in [1.165, 1.54) is 30.4 Å². The molecule has 3 saturated heterocycles. The van der Waals surface area contributed by atoms with Crippen LogP contribution in [0.3, 0.4) is 0 Å². The van der Waals surface area contributed by atoms with Crippen LogP contribution in [0.4, 0.5) is 0 Å². The summed E-state index contributed by atoms with van der Waals surface area (Å²) in [5.41, 5.74) is 6.32. The smallest absolute Gasteiger partial charge is 0.261 e. The van der Waals surface area contributed by atoms with Crippen molar-refractivity contribution in [3.05, 3.63) is 108 Å². The average molecular weight is 1340 g/mol. The third kappa shape index (κ3) is 17.9. The Labute approximate surface area is 538 Å². The highest BCUT2D eigenvalue weighted by atomic mass is 32.2. The number of aromatic hydroxyl groups is 1. The summed E-state index contributed by atoms with van der Waals surface area (Å²) < 4.78 is 20.8. The molecule has 93 heavy (non-hydrogen) atoms. The molecule has 0 aliphatic carbocycles. The molecule has 4 aromatic carbocycles. The Morgan fingerprint density at radius 3 is 1.99 bits per heavy atom. The molecule has 0 spiro atoms. The number of aliphatic hydroxyl groups excluding tert-OH is 7. The molecule has 5 aromatic rings. The third-order valence-electron chi connectivity index (χ3n) is 15.4. The monoisotopic (exact) mass is 1330 g/mol. The lowest BCUT2D eigenvalue weighted by Gasteiger charge is -2.34. The Hall–Kier alpha value is -8.65. The number of carbonyl (C=O) groups excluding carboxylic acids is 8. The largest absolute Gasteiger partial charge is 0.504 e. The number of aromatic nitrogens is 2. The van der Waals surface area contributed by atoms with Crippen LogP contribution in [0.15, 0.2) is 97.1 Å². The highest BCUT2D eigenvalue weighted by molar-refractivity contribution is 7.90. The minimum atomic E-state index is -2.53. The lowest BCUT2D eigenvalue weighted by molar-refractivity contribution is -0.433. The van der Waals surface area contributed by atoms with Gasteiger partial charge in [-0.15, -0.1) is 10.2 Å². The number of nitrogens with two attached hydrogens (primary N) is 1. The molecule has 3 aliphatic rings. The highest BCUT2D eigenvalue weighted by Crippen LogP contribution is 2.35. The molecule has 0 bridgehead atoms. The molecule has 1 aromatic heterocycles. The number of phenols is 1. The molecule has 3 fully saturated rings. The maximum Gasteiger partial charge on any atom is 0.261 e. The molecule has 34 heteroatoms. The van der Waals surface area contributed by atoms with E-state index in [0.29, 0.717) is 41.0 Å². The zero-order valence-corrected chi connectivity index (χ0v) is 51.3. The van der Waals surface area contributed by atoms with E-state index in [1.54, 1.807) is 24.3 Å². The van der Waals surface area contributed by atoms with E-state index in [4.69, 9.17) is 24.6 Å². The molecule has 8 rings (SSSR count). The maximum absolute atomic E-state index is 14.7. The number of β-amino-alcohol motifs (C(OH)–C–C–N with tert-alkyl or cyclic N) is 1. The Kier molecular flexibility index (Phi) is 24.4.